The van der Waals surface area contributed by atoms with Gasteiger partial charge in [-0.05, 0) is 65.7 Å². The molecule has 0 N–H and O–H groups in total. The second-order valence-corrected chi connectivity index (χ2v) is 14.1. The molecule has 248 valence electrons. The number of thiophene rings is 1. The molecule has 0 aliphatic carbocycles. The first kappa shape index (κ1) is 29.7. The number of nitrogens with zero attached hydrogens (tertiary/aromatic N) is 5. The lowest BCUT2D eigenvalue weighted by molar-refractivity contribution is 0.620. The van der Waals surface area contributed by atoms with Crippen LogP contribution in [0.5, 0.6) is 0 Å². The molecule has 4 aromatic heterocycles. The van der Waals surface area contributed by atoms with Crippen LogP contribution in [0.2, 0.25) is 0 Å². The van der Waals surface area contributed by atoms with Crippen LogP contribution in [0.25, 0.3) is 104 Å². The molecule has 0 atom stereocenters. The quantitative estimate of drug-likeness (QED) is 0.179. The van der Waals surface area contributed by atoms with Crippen LogP contribution >= 0.6 is 11.3 Å². The van der Waals surface area contributed by atoms with Crippen molar-refractivity contribution in [1.82, 2.24) is 24.5 Å². The highest BCUT2D eigenvalue weighted by Crippen LogP contribution is 2.41. The smallest absolute Gasteiger partial charge is 0.238 e. The molecule has 4 heterocycles. The summed E-state index contributed by atoms with van der Waals surface area (Å²) in [5.41, 5.74) is 8.31. The van der Waals surface area contributed by atoms with E-state index in [2.05, 4.69) is 114 Å². The van der Waals surface area contributed by atoms with Crippen LogP contribution in [0, 0.1) is 0 Å². The van der Waals surface area contributed by atoms with Gasteiger partial charge in [0.1, 0.15) is 5.52 Å². The van der Waals surface area contributed by atoms with Crippen molar-refractivity contribution in [3.8, 4) is 51.3 Å². The lowest BCUT2D eigenvalue weighted by atomic mass is 10.0. The number of aromatic nitrogens is 5. The van der Waals surface area contributed by atoms with E-state index in [1.54, 1.807) is 11.3 Å². The van der Waals surface area contributed by atoms with Crippen molar-refractivity contribution in [3.63, 3.8) is 0 Å². The summed E-state index contributed by atoms with van der Waals surface area (Å²) in [6, 6.07) is 56.4. The molecule has 0 saturated heterocycles. The van der Waals surface area contributed by atoms with Crippen molar-refractivity contribution >= 4 is 64.4 Å². The van der Waals surface area contributed by atoms with E-state index in [0.29, 0.717) is 29.1 Å². The summed E-state index contributed by atoms with van der Waals surface area (Å²) in [5, 5.41) is 4.57. The summed E-state index contributed by atoms with van der Waals surface area (Å²) in [5.74, 6) is 2.18. The Morgan fingerprint density at radius 1 is 0.453 bits per heavy atom. The normalized spacial score (nSPS) is 11.8. The van der Waals surface area contributed by atoms with Crippen molar-refractivity contribution < 1.29 is 4.42 Å². The molecule has 11 aromatic rings. The van der Waals surface area contributed by atoms with Gasteiger partial charge in [0.25, 0.3) is 0 Å². The molecule has 0 aliphatic rings. The number of para-hydroxylation sites is 2. The third-order valence-corrected chi connectivity index (χ3v) is 11.1. The molecule has 0 bridgehead atoms. The van der Waals surface area contributed by atoms with E-state index in [0.717, 1.165) is 55.0 Å². The largest absolute Gasteiger partial charge is 0.435 e. The molecule has 6 nitrogen and oxygen atoms in total. The molecule has 11 rings (SSSR count). The molecule has 7 heteroatoms. The minimum absolute atomic E-state index is 0.509. The maximum Gasteiger partial charge on any atom is 0.238 e. The first-order valence-corrected chi connectivity index (χ1v) is 18.3. The van der Waals surface area contributed by atoms with Gasteiger partial charge in [0, 0.05) is 42.1 Å². The minimum Gasteiger partial charge on any atom is -0.435 e. The van der Waals surface area contributed by atoms with E-state index < -0.39 is 0 Å². The van der Waals surface area contributed by atoms with Gasteiger partial charge in [-0.15, -0.1) is 11.3 Å². The number of hydrogen-bond acceptors (Lipinski definition) is 6. The number of hydrogen-bond donors (Lipinski definition) is 0. The third-order valence-electron chi connectivity index (χ3n) is 9.92. The van der Waals surface area contributed by atoms with Crippen LogP contribution < -0.4 is 0 Å². The van der Waals surface area contributed by atoms with Gasteiger partial charge in [0.2, 0.25) is 11.8 Å². The van der Waals surface area contributed by atoms with E-state index in [1.165, 1.54) is 20.3 Å². The summed E-state index contributed by atoms with van der Waals surface area (Å²) in [7, 11) is 0. The second kappa shape index (κ2) is 11.8. The lowest BCUT2D eigenvalue weighted by Gasteiger charge is -2.12. The molecule has 0 unspecified atom stereocenters. The lowest BCUT2D eigenvalue weighted by Crippen LogP contribution is -2.06. The van der Waals surface area contributed by atoms with Crippen molar-refractivity contribution in [3.05, 3.63) is 164 Å². The molecular formula is C46H27N5OS. The zero-order valence-electron chi connectivity index (χ0n) is 28.1. The Balaban J connectivity index is 1.20. The van der Waals surface area contributed by atoms with Crippen molar-refractivity contribution in [1.29, 1.82) is 0 Å². The van der Waals surface area contributed by atoms with Crippen LogP contribution in [-0.4, -0.2) is 24.5 Å². The predicted octanol–water partition coefficient (Wildman–Crippen LogP) is 12.1. The fraction of sp³-hybridized carbons (Fsp3) is 0. The topological polar surface area (TPSA) is 69.6 Å². The van der Waals surface area contributed by atoms with Gasteiger partial charge in [0.05, 0.1) is 16.6 Å². The maximum atomic E-state index is 6.51. The van der Waals surface area contributed by atoms with E-state index in [1.807, 2.05) is 54.6 Å². The van der Waals surface area contributed by atoms with Gasteiger partial charge >= 0.3 is 0 Å². The highest BCUT2D eigenvalue weighted by atomic mass is 32.1. The Morgan fingerprint density at radius 2 is 1.11 bits per heavy atom. The first-order valence-electron chi connectivity index (χ1n) is 17.5. The Kier molecular flexibility index (Phi) is 6.62. The van der Waals surface area contributed by atoms with Crippen LogP contribution in [-0.2, 0) is 0 Å². The van der Waals surface area contributed by atoms with Crippen molar-refractivity contribution in [2.24, 2.45) is 0 Å². The molecular weight excluding hydrogens is 671 g/mol. The Labute approximate surface area is 307 Å². The zero-order chi connectivity index (χ0) is 34.9. The highest BCUT2D eigenvalue weighted by molar-refractivity contribution is 7.25. The Morgan fingerprint density at radius 3 is 1.96 bits per heavy atom. The van der Waals surface area contributed by atoms with E-state index in [-0.39, 0.29) is 0 Å². The average molecular weight is 698 g/mol. The fourth-order valence-electron chi connectivity index (χ4n) is 7.49. The summed E-state index contributed by atoms with van der Waals surface area (Å²) >= 11 is 1.78. The Hall–Kier alpha value is -6.96. The zero-order valence-corrected chi connectivity index (χ0v) is 29.0. The summed E-state index contributed by atoms with van der Waals surface area (Å²) in [6.07, 6.45) is 0. The Bertz CT molecular complexity index is 3180. The molecule has 7 aromatic carbocycles. The standard InChI is InChI=1S/C46H27N5OS/c1-3-13-28(14-4-1)30-25-26-38-35(27-30)31-17-7-9-22-37(31)51(38)46-49-43(33-19-12-24-40-41(33)32-18-8-10-23-39(32)53-40)48-44(50-46)34-20-11-21-36-42(34)52-45(47-36)29-15-5-2-6-16-29/h1-27H. The van der Waals surface area contributed by atoms with E-state index in [9.17, 15) is 0 Å². The molecule has 53 heavy (non-hydrogen) atoms. The third kappa shape index (κ3) is 4.79. The summed E-state index contributed by atoms with van der Waals surface area (Å²) in [6.45, 7) is 0. The van der Waals surface area contributed by atoms with Gasteiger partial charge in [0.15, 0.2) is 17.2 Å². The average Bonchev–Trinajstić information content (AvgIpc) is 3.93. The first-order chi connectivity index (χ1) is 26.3. The van der Waals surface area contributed by atoms with Crippen molar-refractivity contribution in [2.45, 2.75) is 0 Å². The molecule has 0 amide bonds. The van der Waals surface area contributed by atoms with Gasteiger partial charge < -0.3 is 4.42 Å². The predicted molar refractivity (Wildman–Crippen MR) is 216 cm³/mol. The number of fused-ring (bicyclic) bond motifs is 7. The fourth-order valence-corrected chi connectivity index (χ4v) is 8.63. The minimum atomic E-state index is 0.509. The van der Waals surface area contributed by atoms with Gasteiger partial charge in [-0.3, -0.25) is 4.57 Å². The number of oxazole rings is 1. The molecule has 0 spiro atoms. The number of benzene rings is 7. The van der Waals surface area contributed by atoms with Gasteiger partial charge in [-0.2, -0.15) is 9.97 Å². The second-order valence-electron chi connectivity index (χ2n) is 13.0. The van der Waals surface area contributed by atoms with Crippen LogP contribution in [0.4, 0.5) is 0 Å². The van der Waals surface area contributed by atoms with Crippen LogP contribution in [0.15, 0.2) is 168 Å². The van der Waals surface area contributed by atoms with Crippen LogP contribution in [0.1, 0.15) is 0 Å². The van der Waals surface area contributed by atoms with E-state index in [4.69, 9.17) is 24.4 Å². The number of rotatable bonds is 5. The SMILES string of the molecule is c1ccc(-c2ccc3c(c2)c2ccccc2n3-c2nc(-c3cccc4nc(-c5ccccc5)oc34)nc(-c3cccc4sc5ccccc5c34)n2)cc1. The summed E-state index contributed by atoms with van der Waals surface area (Å²) in [4.78, 5) is 20.7. The van der Waals surface area contributed by atoms with Crippen molar-refractivity contribution in [2.75, 3.05) is 0 Å². The highest BCUT2D eigenvalue weighted by Gasteiger charge is 2.22. The van der Waals surface area contributed by atoms with E-state index >= 15 is 0 Å². The monoisotopic (exact) mass is 697 g/mol. The summed E-state index contributed by atoms with van der Waals surface area (Å²) < 4.78 is 11.1. The molecule has 0 radical (unpaired) electrons. The molecule has 0 saturated carbocycles. The molecule has 0 fully saturated rings. The van der Waals surface area contributed by atoms with Gasteiger partial charge in [-0.1, -0.05) is 109 Å². The van der Waals surface area contributed by atoms with Crippen LogP contribution in [0.3, 0.4) is 0 Å². The van der Waals surface area contributed by atoms with Gasteiger partial charge in [-0.25, -0.2) is 9.97 Å². The maximum absolute atomic E-state index is 6.51. The molecule has 0 aliphatic heterocycles.